The van der Waals surface area contributed by atoms with E-state index < -0.39 is 12.1 Å². The van der Waals surface area contributed by atoms with Crippen molar-refractivity contribution in [3.63, 3.8) is 0 Å². The highest BCUT2D eigenvalue weighted by Crippen LogP contribution is 2.23. The molecule has 0 aliphatic heterocycles. The number of nitrogens with one attached hydrogen (secondary N) is 4. The first kappa shape index (κ1) is 20.6. The second-order valence-corrected chi connectivity index (χ2v) is 6.86. The topological polar surface area (TPSA) is 116 Å². The molecule has 4 N–H and O–H groups in total. The number of amides is 4. The van der Waals surface area contributed by atoms with Crippen molar-refractivity contribution in [2.75, 3.05) is 25.6 Å². The zero-order valence-corrected chi connectivity index (χ0v) is 14.7. The molecule has 10 heteroatoms. The monoisotopic (exact) mass is 350 g/mol. The van der Waals surface area contributed by atoms with Gasteiger partial charge in [-0.3, -0.25) is 19.2 Å². The maximum atomic E-state index is 11.6. The summed E-state index contributed by atoms with van der Waals surface area (Å²) >= 11 is 0. The molecular formula is C12H22N4O4S2. The van der Waals surface area contributed by atoms with Gasteiger partial charge in [0.2, 0.25) is 23.6 Å². The molecule has 2 atom stereocenters. The maximum absolute atomic E-state index is 11.6. The number of rotatable bonds is 9. The van der Waals surface area contributed by atoms with Crippen LogP contribution in [0.5, 0.6) is 0 Å². The molecule has 8 nitrogen and oxygen atoms in total. The van der Waals surface area contributed by atoms with E-state index in [1.54, 1.807) is 0 Å². The van der Waals surface area contributed by atoms with Crippen LogP contribution in [-0.2, 0) is 19.2 Å². The van der Waals surface area contributed by atoms with Gasteiger partial charge < -0.3 is 21.3 Å². The largest absolute Gasteiger partial charge is 0.357 e. The van der Waals surface area contributed by atoms with Crippen molar-refractivity contribution in [3.05, 3.63) is 0 Å². The SMILES string of the molecule is CNC(=O)[C@H](CSSC[C@H](NC(C)=O)C(=O)NC)NC(C)=O. The van der Waals surface area contributed by atoms with E-state index in [4.69, 9.17) is 0 Å². The van der Waals surface area contributed by atoms with Gasteiger partial charge in [0.1, 0.15) is 12.1 Å². The first-order valence-corrected chi connectivity index (χ1v) is 9.02. The van der Waals surface area contributed by atoms with Gasteiger partial charge >= 0.3 is 0 Å². The van der Waals surface area contributed by atoms with Crippen molar-refractivity contribution in [2.24, 2.45) is 0 Å². The number of hydrogen-bond donors (Lipinski definition) is 4. The molecule has 0 aliphatic carbocycles. The maximum Gasteiger partial charge on any atom is 0.243 e. The molecule has 0 aromatic heterocycles. The van der Waals surface area contributed by atoms with Gasteiger partial charge in [0, 0.05) is 39.4 Å². The third kappa shape index (κ3) is 8.78. The summed E-state index contributed by atoms with van der Waals surface area (Å²) in [6.07, 6.45) is 0. The molecule has 0 saturated heterocycles. The van der Waals surface area contributed by atoms with Gasteiger partial charge in [0.25, 0.3) is 0 Å². The Balaban J connectivity index is 4.33. The molecule has 0 spiro atoms. The van der Waals surface area contributed by atoms with E-state index in [1.165, 1.54) is 49.5 Å². The minimum absolute atomic E-state index is 0.284. The summed E-state index contributed by atoms with van der Waals surface area (Å²) in [5, 5.41) is 10.1. The van der Waals surface area contributed by atoms with E-state index in [9.17, 15) is 19.2 Å². The highest BCUT2D eigenvalue weighted by molar-refractivity contribution is 8.76. The van der Waals surface area contributed by atoms with Gasteiger partial charge in [-0.15, -0.1) is 0 Å². The molecule has 0 heterocycles. The van der Waals surface area contributed by atoms with E-state index in [-0.39, 0.29) is 23.6 Å². The normalized spacial score (nSPS) is 12.7. The summed E-state index contributed by atoms with van der Waals surface area (Å²) in [5.41, 5.74) is 0. The molecular weight excluding hydrogens is 328 g/mol. The molecule has 0 aromatic carbocycles. The molecule has 0 unspecified atom stereocenters. The van der Waals surface area contributed by atoms with E-state index in [0.717, 1.165) is 0 Å². The molecule has 0 rings (SSSR count). The molecule has 4 amide bonds. The van der Waals surface area contributed by atoms with Crippen molar-refractivity contribution < 1.29 is 19.2 Å². The number of likely N-dealkylation sites (N-methyl/N-ethyl adjacent to an activating group) is 2. The third-order valence-electron chi connectivity index (χ3n) is 2.43. The molecule has 0 fully saturated rings. The van der Waals surface area contributed by atoms with Crippen LogP contribution in [0.2, 0.25) is 0 Å². The molecule has 0 aliphatic rings. The Morgan fingerprint density at radius 2 is 1.09 bits per heavy atom. The van der Waals surface area contributed by atoms with Gasteiger partial charge in [0.15, 0.2) is 0 Å². The summed E-state index contributed by atoms with van der Waals surface area (Å²) in [4.78, 5) is 45.3. The lowest BCUT2D eigenvalue weighted by molar-refractivity contribution is -0.127. The van der Waals surface area contributed by atoms with Crippen LogP contribution in [0.1, 0.15) is 13.8 Å². The minimum Gasteiger partial charge on any atom is -0.357 e. The van der Waals surface area contributed by atoms with E-state index in [1.807, 2.05) is 0 Å². The standard InChI is InChI=1S/C12H22N4O4S2/c1-7(17)15-9(11(19)13-3)5-21-22-6-10(12(20)14-4)16-8(2)18/h9-10H,5-6H2,1-4H3,(H,13,19)(H,14,20)(H,15,17)(H,16,18)/t9-,10-/m0/s1. The van der Waals surface area contributed by atoms with Gasteiger partial charge in [-0.05, 0) is 0 Å². The zero-order valence-electron chi connectivity index (χ0n) is 13.0. The Hall–Kier alpha value is -1.42. The lowest BCUT2D eigenvalue weighted by Gasteiger charge is -2.17. The van der Waals surface area contributed by atoms with E-state index >= 15 is 0 Å². The Kier molecular flexibility index (Phi) is 10.5. The smallest absolute Gasteiger partial charge is 0.243 e. The lowest BCUT2D eigenvalue weighted by Crippen LogP contribution is -2.47. The minimum atomic E-state index is -0.640. The van der Waals surface area contributed by atoms with Crippen LogP contribution in [0, 0.1) is 0 Å². The quantitative estimate of drug-likeness (QED) is 0.309. The van der Waals surface area contributed by atoms with Gasteiger partial charge in [-0.25, -0.2) is 0 Å². The fraction of sp³-hybridized carbons (Fsp3) is 0.667. The first-order chi connectivity index (χ1) is 10.3. The summed E-state index contributed by atoms with van der Waals surface area (Å²) in [5.74, 6) is -0.447. The number of hydrogen-bond acceptors (Lipinski definition) is 6. The third-order valence-corrected chi connectivity index (χ3v) is 4.86. The van der Waals surface area contributed by atoms with Crippen molar-refractivity contribution in [3.8, 4) is 0 Å². The van der Waals surface area contributed by atoms with Crippen molar-refractivity contribution in [1.82, 2.24) is 21.3 Å². The number of carbonyl (C=O) groups is 4. The zero-order chi connectivity index (χ0) is 17.1. The van der Waals surface area contributed by atoms with Crippen LogP contribution < -0.4 is 21.3 Å². The van der Waals surface area contributed by atoms with Crippen LogP contribution >= 0.6 is 21.6 Å². The van der Waals surface area contributed by atoms with Crippen LogP contribution in [0.25, 0.3) is 0 Å². The average molecular weight is 350 g/mol. The molecule has 22 heavy (non-hydrogen) atoms. The van der Waals surface area contributed by atoms with E-state index in [0.29, 0.717) is 11.5 Å². The molecule has 0 saturated carbocycles. The second kappa shape index (κ2) is 11.2. The summed E-state index contributed by atoms with van der Waals surface area (Å²) in [6.45, 7) is 2.68. The van der Waals surface area contributed by atoms with Crippen LogP contribution in [0.4, 0.5) is 0 Å². The fourth-order valence-electron chi connectivity index (χ4n) is 1.44. The molecule has 0 bridgehead atoms. The Bertz CT molecular complexity index is 382. The predicted octanol–water partition coefficient (Wildman–Crippen LogP) is -1.13. The Morgan fingerprint density at radius 3 is 1.32 bits per heavy atom. The first-order valence-electron chi connectivity index (χ1n) is 6.53. The second-order valence-electron chi connectivity index (χ2n) is 4.30. The van der Waals surface area contributed by atoms with Crippen molar-refractivity contribution >= 4 is 45.2 Å². The molecule has 126 valence electrons. The molecule has 0 radical (unpaired) electrons. The fourth-order valence-corrected chi connectivity index (χ4v) is 3.77. The average Bonchev–Trinajstić information content (AvgIpc) is 2.46. The Labute approximate surface area is 137 Å². The lowest BCUT2D eigenvalue weighted by atomic mass is 10.3. The van der Waals surface area contributed by atoms with Crippen molar-refractivity contribution in [2.45, 2.75) is 25.9 Å². The van der Waals surface area contributed by atoms with Gasteiger partial charge in [0.05, 0.1) is 0 Å². The number of carbonyl (C=O) groups excluding carboxylic acids is 4. The van der Waals surface area contributed by atoms with E-state index in [2.05, 4.69) is 21.3 Å². The predicted molar refractivity (Wildman–Crippen MR) is 88.3 cm³/mol. The van der Waals surface area contributed by atoms with Crippen LogP contribution in [0.15, 0.2) is 0 Å². The summed E-state index contributed by atoms with van der Waals surface area (Å²) in [7, 11) is 5.67. The van der Waals surface area contributed by atoms with Crippen LogP contribution in [-0.4, -0.2) is 61.3 Å². The van der Waals surface area contributed by atoms with Crippen molar-refractivity contribution in [1.29, 1.82) is 0 Å². The van der Waals surface area contributed by atoms with Gasteiger partial charge in [-0.2, -0.15) is 0 Å². The highest BCUT2D eigenvalue weighted by atomic mass is 33.1. The molecule has 0 aromatic rings. The summed E-state index contributed by atoms with van der Waals surface area (Å²) in [6, 6.07) is -1.28. The van der Waals surface area contributed by atoms with Crippen LogP contribution in [0.3, 0.4) is 0 Å². The van der Waals surface area contributed by atoms with Gasteiger partial charge in [-0.1, -0.05) is 21.6 Å². The highest BCUT2D eigenvalue weighted by Gasteiger charge is 2.21. The summed E-state index contributed by atoms with van der Waals surface area (Å²) < 4.78 is 0. The Morgan fingerprint density at radius 1 is 0.773 bits per heavy atom.